The molecular formula is C15H16F3NO. The van der Waals surface area contributed by atoms with Crippen molar-refractivity contribution in [2.75, 3.05) is 6.54 Å². The molecule has 0 amide bonds. The fraction of sp³-hybridized carbons (Fsp3) is 0.333. The van der Waals surface area contributed by atoms with Crippen molar-refractivity contribution in [1.29, 1.82) is 0 Å². The minimum absolute atomic E-state index is 0.105. The summed E-state index contributed by atoms with van der Waals surface area (Å²) in [6.07, 6.45) is 2.74. The molecular weight excluding hydrogens is 267 g/mol. The van der Waals surface area contributed by atoms with Gasteiger partial charge in [0.1, 0.15) is 5.76 Å². The second-order valence-electron chi connectivity index (χ2n) is 4.55. The van der Waals surface area contributed by atoms with Gasteiger partial charge in [-0.1, -0.05) is 13.0 Å². The van der Waals surface area contributed by atoms with Gasteiger partial charge >= 0.3 is 0 Å². The van der Waals surface area contributed by atoms with Gasteiger partial charge in [-0.3, -0.25) is 0 Å². The first-order chi connectivity index (χ1) is 9.63. The zero-order valence-electron chi connectivity index (χ0n) is 11.1. The third-order valence-corrected chi connectivity index (χ3v) is 3.07. The lowest BCUT2D eigenvalue weighted by molar-refractivity contribution is 0.408. The van der Waals surface area contributed by atoms with Gasteiger partial charge in [-0.15, -0.1) is 0 Å². The molecule has 2 rings (SSSR count). The lowest BCUT2D eigenvalue weighted by Gasteiger charge is -2.19. The number of benzene rings is 1. The fourth-order valence-electron chi connectivity index (χ4n) is 2.05. The molecule has 0 radical (unpaired) electrons. The van der Waals surface area contributed by atoms with Gasteiger partial charge < -0.3 is 9.73 Å². The summed E-state index contributed by atoms with van der Waals surface area (Å²) in [6, 6.07) is 5.24. The van der Waals surface area contributed by atoms with E-state index < -0.39 is 23.5 Å². The van der Waals surface area contributed by atoms with E-state index in [1.54, 1.807) is 12.1 Å². The molecule has 1 aromatic heterocycles. The minimum Gasteiger partial charge on any atom is -0.469 e. The van der Waals surface area contributed by atoms with Crippen LogP contribution in [0, 0.1) is 17.5 Å². The molecule has 0 bridgehead atoms. The predicted octanol–water partition coefficient (Wildman–Crippen LogP) is 3.98. The first-order valence-corrected chi connectivity index (χ1v) is 6.52. The van der Waals surface area contributed by atoms with E-state index in [9.17, 15) is 13.2 Å². The maximum absolute atomic E-state index is 13.9. The van der Waals surface area contributed by atoms with Crippen molar-refractivity contribution in [2.45, 2.75) is 25.8 Å². The van der Waals surface area contributed by atoms with Crippen LogP contribution in [0.15, 0.2) is 34.9 Å². The van der Waals surface area contributed by atoms with Gasteiger partial charge in [0.25, 0.3) is 0 Å². The molecule has 0 saturated carbocycles. The highest BCUT2D eigenvalue weighted by atomic mass is 19.2. The number of rotatable bonds is 6. The van der Waals surface area contributed by atoms with Crippen LogP contribution in [0.3, 0.4) is 0 Å². The summed E-state index contributed by atoms with van der Waals surface area (Å²) in [4.78, 5) is 0. The van der Waals surface area contributed by atoms with Gasteiger partial charge in [-0.2, -0.15) is 0 Å². The van der Waals surface area contributed by atoms with Gasteiger partial charge in [-0.05, 0) is 31.2 Å². The molecule has 2 aromatic rings. The van der Waals surface area contributed by atoms with Crippen molar-refractivity contribution in [2.24, 2.45) is 0 Å². The Morgan fingerprint density at radius 2 is 1.95 bits per heavy atom. The van der Waals surface area contributed by atoms with Crippen LogP contribution in [0.2, 0.25) is 0 Å². The second-order valence-corrected chi connectivity index (χ2v) is 4.55. The van der Waals surface area contributed by atoms with Gasteiger partial charge in [0.2, 0.25) is 0 Å². The zero-order chi connectivity index (χ0) is 14.5. The van der Waals surface area contributed by atoms with Crippen molar-refractivity contribution in [1.82, 2.24) is 5.32 Å². The first-order valence-electron chi connectivity index (χ1n) is 6.52. The Morgan fingerprint density at radius 3 is 2.60 bits per heavy atom. The van der Waals surface area contributed by atoms with E-state index in [2.05, 4.69) is 5.32 Å². The molecule has 108 valence electrons. The van der Waals surface area contributed by atoms with Crippen LogP contribution >= 0.6 is 0 Å². The first kappa shape index (κ1) is 14.7. The topological polar surface area (TPSA) is 25.2 Å². The lowest BCUT2D eigenvalue weighted by Crippen LogP contribution is -2.25. The molecule has 1 atom stereocenters. The number of halogens is 3. The average Bonchev–Trinajstić information content (AvgIpc) is 2.94. The summed E-state index contributed by atoms with van der Waals surface area (Å²) < 4.78 is 45.5. The Labute approximate surface area is 115 Å². The molecule has 0 fully saturated rings. The van der Waals surface area contributed by atoms with Gasteiger partial charge in [0, 0.05) is 18.0 Å². The van der Waals surface area contributed by atoms with Gasteiger partial charge in [0.15, 0.2) is 17.5 Å². The highest BCUT2D eigenvalue weighted by Gasteiger charge is 2.21. The SMILES string of the molecule is CCCNC(Cc1ccco1)c1ccc(F)c(F)c1F. The number of hydrogen-bond donors (Lipinski definition) is 1. The smallest absolute Gasteiger partial charge is 0.194 e. The molecule has 1 heterocycles. The highest BCUT2D eigenvalue weighted by molar-refractivity contribution is 5.25. The van der Waals surface area contributed by atoms with Crippen molar-refractivity contribution >= 4 is 0 Å². The minimum atomic E-state index is -1.44. The van der Waals surface area contributed by atoms with E-state index in [1.165, 1.54) is 12.3 Å². The van der Waals surface area contributed by atoms with Crippen LogP contribution in [-0.2, 0) is 6.42 Å². The highest BCUT2D eigenvalue weighted by Crippen LogP contribution is 2.24. The summed E-state index contributed by atoms with van der Waals surface area (Å²) in [5.41, 5.74) is 0.105. The largest absolute Gasteiger partial charge is 0.469 e. The number of hydrogen-bond acceptors (Lipinski definition) is 2. The fourth-order valence-corrected chi connectivity index (χ4v) is 2.05. The Balaban J connectivity index is 2.28. The maximum Gasteiger partial charge on any atom is 0.194 e. The Morgan fingerprint density at radius 1 is 1.15 bits per heavy atom. The van der Waals surface area contributed by atoms with Crippen LogP contribution in [0.4, 0.5) is 13.2 Å². The van der Waals surface area contributed by atoms with Crippen LogP contribution in [0.5, 0.6) is 0 Å². The molecule has 1 unspecified atom stereocenters. The zero-order valence-corrected chi connectivity index (χ0v) is 11.1. The molecule has 1 N–H and O–H groups in total. The summed E-state index contributed by atoms with van der Waals surface area (Å²) in [7, 11) is 0. The van der Waals surface area contributed by atoms with Crippen LogP contribution in [0.1, 0.15) is 30.7 Å². The maximum atomic E-state index is 13.9. The lowest BCUT2D eigenvalue weighted by atomic mass is 10.0. The molecule has 0 saturated heterocycles. The van der Waals surface area contributed by atoms with E-state index in [1.807, 2.05) is 6.92 Å². The van der Waals surface area contributed by atoms with Crippen molar-refractivity contribution in [3.63, 3.8) is 0 Å². The Hall–Kier alpha value is -1.75. The molecule has 0 aliphatic heterocycles. The van der Waals surface area contributed by atoms with Crippen molar-refractivity contribution in [3.8, 4) is 0 Å². The summed E-state index contributed by atoms with van der Waals surface area (Å²) in [5.74, 6) is -3.11. The Kier molecular flexibility index (Phi) is 4.84. The molecule has 0 aliphatic carbocycles. The monoisotopic (exact) mass is 283 g/mol. The van der Waals surface area contributed by atoms with Crippen LogP contribution in [-0.4, -0.2) is 6.54 Å². The van der Waals surface area contributed by atoms with E-state index in [4.69, 9.17) is 4.42 Å². The predicted molar refractivity (Wildman–Crippen MR) is 69.8 cm³/mol. The van der Waals surface area contributed by atoms with Gasteiger partial charge in [0.05, 0.1) is 6.26 Å². The molecule has 1 aromatic carbocycles. The van der Waals surface area contributed by atoms with E-state index in [0.717, 1.165) is 12.5 Å². The van der Waals surface area contributed by atoms with Crippen LogP contribution < -0.4 is 5.32 Å². The molecule has 20 heavy (non-hydrogen) atoms. The second kappa shape index (κ2) is 6.61. The average molecular weight is 283 g/mol. The molecule has 2 nitrogen and oxygen atoms in total. The summed E-state index contributed by atoms with van der Waals surface area (Å²) in [6.45, 7) is 2.61. The van der Waals surface area contributed by atoms with Crippen molar-refractivity contribution < 1.29 is 17.6 Å². The normalized spacial score (nSPS) is 12.6. The standard InChI is InChI=1S/C15H16F3NO/c1-2-7-19-13(9-10-4-3-8-20-10)11-5-6-12(16)15(18)14(11)17/h3-6,8,13,19H,2,7,9H2,1H3. The third kappa shape index (κ3) is 3.22. The Bertz CT molecular complexity index is 554. The quantitative estimate of drug-likeness (QED) is 0.811. The summed E-state index contributed by atoms with van der Waals surface area (Å²) >= 11 is 0. The third-order valence-electron chi connectivity index (χ3n) is 3.07. The van der Waals surface area contributed by atoms with E-state index in [0.29, 0.717) is 18.7 Å². The van der Waals surface area contributed by atoms with Crippen molar-refractivity contribution in [3.05, 3.63) is 59.3 Å². The molecule has 0 spiro atoms. The number of nitrogens with one attached hydrogen (secondary N) is 1. The molecule has 5 heteroatoms. The van der Waals surface area contributed by atoms with Gasteiger partial charge in [-0.25, -0.2) is 13.2 Å². The van der Waals surface area contributed by atoms with Crippen LogP contribution in [0.25, 0.3) is 0 Å². The molecule has 0 aliphatic rings. The summed E-state index contributed by atoms with van der Waals surface area (Å²) in [5, 5.41) is 3.12. The van der Waals surface area contributed by atoms with E-state index in [-0.39, 0.29) is 5.56 Å². The number of furan rings is 1. The van der Waals surface area contributed by atoms with E-state index >= 15 is 0 Å².